The van der Waals surface area contributed by atoms with Crippen LogP contribution in [0.25, 0.3) is 0 Å². The summed E-state index contributed by atoms with van der Waals surface area (Å²) in [6, 6.07) is 5.35. The fourth-order valence-electron chi connectivity index (χ4n) is 1.67. The number of rotatable bonds is 7. The fraction of sp³-hybridized carbons (Fsp3) is 0.462. The molecule has 8 heteroatoms. The maximum absolute atomic E-state index is 11.7. The summed E-state index contributed by atoms with van der Waals surface area (Å²) in [5.41, 5.74) is 0.303. The molecule has 0 aliphatic carbocycles. The molecule has 0 aliphatic heterocycles. The Morgan fingerprint density at radius 2 is 1.71 bits per heavy atom. The Morgan fingerprint density at radius 1 is 1.19 bits per heavy atom. The Hall–Kier alpha value is -1.15. The monoisotopic (exact) mass is 336 g/mol. The quantitative estimate of drug-likeness (QED) is 0.757. The van der Waals surface area contributed by atoms with Gasteiger partial charge >= 0.3 is 5.97 Å². The fourth-order valence-corrected chi connectivity index (χ4v) is 2.19. The second kappa shape index (κ2) is 8.99. The van der Waals surface area contributed by atoms with Crippen LogP contribution in [0.3, 0.4) is 0 Å². The van der Waals surface area contributed by atoms with Crippen molar-refractivity contribution in [3.8, 4) is 0 Å². The molecule has 0 bridgehead atoms. The number of benzene rings is 1. The zero-order chi connectivity index (χ0) is 15.2. The number of nitrogens with two attached hydrogens (primary N) is 1. The second-order valence-electron chi connectivity index (χ2n) is 4.23. The third-order valence-electron chi connectivity index (χ3n) is 2.95. The molecule has 0 unspecified atom stereocenters. The second-order valence-corrected chi connectivity index (χ2v) is 5.79. The number of esters is 1. The highest BCUT2D eigenvalue weighted by atomic mass is 35.5. The van der Waals surface area contributed by atoms with Gasteiger partial charge < -0.3 is 9.64 Å². The van der Waals surface area contributed by atoms with E-state index in [0.717, 1.165) is 13.1 Å². The summed E-state index contributed by atoms with van der Waals surface area (Å²) >= 11 is 0. The lowest BCUT2D eigenvalue weighted by atomic mass is 10.2. The molecule has 0 radical (unpaired) electrons. The van der Waals surface area contributed by atoms with Crippen LogP contribution in [-0.4, -0.2) is 45.5 Å². The Morgan fingerprint density at radius 3 is 2.14 bits per heavy atom. The van der Waals surface area contributed by atoms with Crippen molar-refractivity contribution in [3.05, 3.63) is 29.8 Å². The third kappa shape index (κ3) is 6.43. The summed E-state index contributed by atoms with van der Waals surface area (Å²) in [6.07, 6.45) is 0. The van der Waals surface area contributed by atoms with Gasteiger partial charge in [0, 0.05) is 6.54 Å². The molecule has 21 heavy (non-hydrogen) atoms. The summed E-state index contributed by atoms with van der Waals surface area (Å²) < 4.78 is 27.3. The predicted molar refractivity (Wildman–Crippen MR) is 83.1 cm³/mol. The summed E-state index contributed by atoms with van der Waals surface area (Å²) in [7, 11) is -3.74. The minimum atomic E-state index is -3.74. The molecule has 0 atom stereocenters. The average molecular weight is 337 g/mol. The zero-order valence-electron chi connectivity index (χ0n) is 12.1. The van der Waals surface area contributed by atoms with E-state index in [1.165, 1.54) is 24.3 Å². The summed E-state index contributed by atoms with van der Waals surface area (Å²) in [6.45, 7) is 6.86. The number of hydrogen-bond acceptors (Lipinski definition) is 5. The summed E-state index contributed by atoms with van der Waals surface area (Å²) in [4.78, 5) is 13.8. The Balaban J connectivity index is 0.00000400. The summed E-state index contributed by atoms with van der Waals surface area (Å²) in [5.74, 6) is -0.474. The van der Waals surface area contributed by atoms with E-state index in [9.17, 15) is 13.2 Å². The lowest BCUT2D eigenvalue weighted by Gasteiger charge is -2.17. The lowest BCUT2D eigenvalue weighted by Crippen LogP contribution is -2.27. The van der Waals surface area contributed by atoms with Gasteiger partial charge in [-0.05, 0) is 37.4 Å². The molecule has 120 valence electrons. The van der Waals surface area contributed by atoms with Crippen LogP contribution >= 0.6 is 12.4 Å². The van der Waals surface area contributed by atoms with Crippen molar-refractivity contribution in [3.63, 3.8) is 0 Å². The van der Waals surface area contributed by atoms with Crippen LogP contribution in [0.5, 0.6) is 0 Å². The normalized spacial score (nSPS) is 11.0. The van der Waals surface area contributed by atoms with Gasteiger partial charge in [0.05, 0.1) is 10.5 Å². The van der Waals surface area contributed by atoms with E-state index in [0.29, 0.717) is 18.7 Å². The van der Waals surface area contributed by atoms with Gasteiger partial charge in [-0.15, -0.1) is 12.4 Å². The Labute approximate surface area is 131 Å². The predicted octanol–water partition coefficient (Wildman–Crippen LogP) is 1.25. The van der Waals surface area contributed by atoms with Crippen molar-refractivity contribution in [2.75, 3.05) is 26.2 Å². The number of carbonyl (C=O) groups excluding carboxylic acids is 1. The first-order valence-corrected chi connectivity index (χ1v) is 7.95. The number of halogens is 1. The van der Waals surface area contributed by atoms with E-state index >= 15 is 0 Å². The first-order valence-electron chi connectivity index (χ1n) is 6.40. The Bertz CT molecular complexity index is 542. The molecule has 1 aromatic carbocycles. The number of nitrogens with zero attached hydrogens (tertiary/aromatic N) is 1. The van der Waals surface area contributed by atoms with Gasteiger partial charge in [0.15, 0.2) is 0 Å². The van der Waals surface area contributed by atoms with Crippen LogP contribution in [0, 0.1) is 0 Å². The van der Waals surface area contributed by atoms with Crippen molar-refractivity contribution < 1.29 is 17.9 Å². The lowest BCUT2D eigenvalue weighted by molar-refractivity contribution is 0.0466. The molecule has 0 saturated carbocycles. The largest absolute Gasteiger partial charge is 0.461 e. The molecule has 6 nitrogen and oxygen atoms in total. The van der Waals surface area contributed by atoms with E-state index in [2.05, 4.69) is 4.90 Å². The highest BCUT2D eigenvalue weighted by Crippen LogP contribution is 2.09. The molecule has 0 amide bonds. The number of carbonyl (C=O) groups is 1. The van der Waals surface area contributed by atoms with Gasteiger partial charge in [-0.25, -0.2) is 18.4 Å². The molecule has 0 spiro atoms. The van der Waals surface area contributed by atoms with Gasteiger partial charge in [-0.2, -0.15) is 0 Å². The SMILES string of the molecule is CCN(CC)CCOC(=O)c1ccc(S(N)(=O)=O)cc1.Cl. The van der Waals surface area contributed by atoms with Crippen LogP contribution < -0.4 is 5.14 Å². The van der Waals surface area contributed by atoms with Gasteiger partial charge in [-0.1, -0.05) is 13.8 Å². The van der Waals surface area contributed by atoms with Crippen molar-refractivity contribution in [2.24, 2.45) is 5.14 Å². The van der Waals surface area contributed by atoms with Crippen LogP contribution in [0.2, 0.25) is 0 Å². The molecular weight excluding hydrogens is 316 g/mol. The molecule has 2 N–H and O–H groups in total. The Kier molecular flexibility index (Phi) is 8.50. The van der Waals surface area contributed by atoms with E-state index in [-0.39, 0.29) is 17.3 Å². The van der Waals surface area contributed by atoms with E-state index in [1.54, 1.807) is 0 Å². The van der Waals surface area contributed by atoms with Gasteiger partial charge in [0.25, 0.3) is 0 Å². The number of hydrogen-bond donors (Lipinski definition) is 1. The van der Waals surface area contributed by atoms with Crippen molar-refractivity contribution in [2.45, 2.75) is 18.7 Å². The standard InChI is InChI=1S/C13H20N2O4S.ClH/c1-3-15(4-2)9-10-19-13(16)11-5-7-12(8-6-11)20(14,17)18;/h5-8H,3-4,9-10H2,1-2H3,(H2,14,17,18);1H. The average Bonchev–Trinajstić information content (AvgIpc) is 2.42. The van der Waals surface area contributed by atoms with E-state index in [1.807, 2.05) is 13.8 Å². The van der Waals surface area contributed by atoms with Crippen molar-refractivity contribution >= 4 is 28.4 Å². The zero-order valence-corrected chi connectivity index (χ0v) is 13.7. The molecule has 0 aliphatic rings. The van der Waals surface area contributed by atoms with Crippen LogP contribution in [0.4, 0.5) is 0 Å². The van der Waals surface area contributed by atoms with Crippen LogP contribution in [0.1, 0.15) is 24.2 Å². The molecule has 0 saturated heterocycles. The van der Waals surface area contributed by atoms with Gasteiger partial charge in [0.2, 0.25) is 10.0 Å². The van der Waals surface area contributed by atoms with Crippen molar-refractivity contribution in [1.82, 2.24) is 4.90 Å². The molecular formula is C13H21ClN2O4S. The maximum Gasteiger partial charge on any atom is 0.338 e. The number of primary sulfonamides is 1. The van der Waals surface area contributed by atoms with E-state index < -0.39 is 16.0 Å². The highest BCUT2D eigenvalue weighted by Gasteiger charge is 2.11. The topological polar surface area (TPSA) is 89.7 Å². The van der Waals surface area contributed by atoms with Gasteiger partial charge in [0.1, 0.15) is 6.61 Å². The number of sulfonamides is 1. The maximum atomic E-state index is 11.7. The van der Waals surface area contributed by atoms with Crippen LogP contribution in [0.15, 0.2) is 29.2 Å². The number of likely N-dealkylation sites (N-methyl/N-ethyl adjacent to an activating group) is 1. The summed E-state index contributed by atoms with van der Waals surface area (Å²) in [5, 5.41) is 4.98. The molecule has 0 fully saturated rings. The minimum Gasteiger partial charge on any atom is -0.461 e. The first-order chi connectivity index (χ1) is 9.38. The highest BCUT2D eigenvalue weighted by molar-refractivity contribution is 7.89. The van der Waals surface area contributed by atoms with Crippen LogP contribution in [-0.2, 0) is 14.8 Å². The molecule has 1 aromatic rings. The third-order valence-corrected chi connectivity index (χ3v) is 3.88. The van der Waals surface area contributed by atoms with Crippen molar-refractivity contribution in [1.29, 1.82) is 0 Å². The molecule has 0 aromatic heterocycles. The smallest absolute Gasteiger partial charge is 0.338 e. The van der Waals surface area contributed by atoms with E-state index in [4.69, 9.17) is 9.88 Å². The first kappa shape index (κ1) is 19.9. The molecule has 0 heterocycles. The van der Waals surface area contributed by atoms with Gasteiger partial charge in [-0.3, -0.25) is 0 Å². The molecule has 1 rings (SSSR count). The minimum absolute atomic E-state index is 0. The number of ether oxygens (including phenoxy) is 1.